The Kier molecular flexibility index (Phi) is 4.57. The van der Waals surface area contributed by atoms with E-state index in [1.165, 1.54) is 25.3 Å². The highest BCUT2D eigenvalue weighted by atomic mass is 79.9. The van der Waals surface area contributed by atoms with Crippen LogP contribution in [0.3, 0.4) is 0 Å². The van der Waals surface area contributed by atoms with Crippen LogP contribution in [-0.2, 0) is 6.42 Å². The van der Waals surface area contributed by atoms with Crippen molar-refractivity contribution in [3.05, 3.63) is 34.1 Å². The van der Waals surface area contributed by atoms with Crippen molar-refractivity contribution in [2.24, 2.45) is 5.92 Å². The maximum Gasteiger partial charge on any atom is 0.123 e. The summed E-state index contributed by atoms with van der Waals surface area (Å²) in [5.74, 6) is 0.747. The molecule has 0 aromatic heterocycles. The molecule has 1 atom stereocenters. The van der Waals surface area contributed by atoms with Gasteiger partial charge in [0.05, 0.1) is 0 Å². The van der Waals surface area contributed by atoms with Gasteiger partial charge < -0.3 is 5.32 Å². The normalized spacial score (nSPS) is 17.1. The lowest BCUT2D eigenvalue weighted by atomic mass is 10.0. The second kappa shape index (κ2) is 5.96. The molecule has 0 aliphatic heterocycles. The van der Waals surface area contributed by atoms with Crippen molar-refractivity contribution >= 4 is 15.9 Å². The summed E-state index contributed by atoms with van der Waals surface area (Å²) < 4.78 is 14.2. The van der Waals surface area contributed by atoms with Crippen LogP contribution >= 0.6 is 15.9 Å². The van der Waals surface area contributed by atoms with E-state index >= 15 is 0 Å². The SMILES string of the molecule is CCNC(Cc1cc(F)ccc1Br)CC1CC1. The van der Waals surface area contributed by atoms with Crippen molar-refractivity contribution in [1.29, 1.82) is 0 Å². The summed E-state index contributed by atoms with van der Waals surface area (Å²) in [5.41, 5.74) is 1.07. The summed E-state index contributed by atoms with van der Waals surface area (Å²) in [5, 5.41) is 3.51. The second-order valence-corrected chi connectivity index (χ2v) is 5.73. The Morgan fingerprint density at radius 3 is 2.88 bits per heavy atom. The molecule has 1 N–H and O–H groups in total. The van der Waals surface area contributed by atoms with Gasteiger partial charge in [-0.25, -0.2) is 4.39 Å². The smallest absolute Gasteiger partial charge is 0.123 e. The summed E-state index contributed by atoms with van der Waals surface area (Å²) >= 11 is 3.50. The van der Waals surface area contributed by atoms with Gasteiger partial charge in [-0.1, -0.05) is 35.7 Å². The van der Waals surface area contributed by atoms with Crippen LogP contribution in [0.15, 0.2) is 22.7 Å². The molecule has 0 radical (unpaired) electrons. The molecule has 0 heterocycles. The van der Waals surface area contributed by atoms with Gasteiger partial charge in [0.1, 0.15) is 5.82 Å². The van der Waals surface area contributed by atoms with E-state index in [1.54, 1.807) is 12.1 Å². The van der Waals surface area contributed by atoms with Gasteiger partial charge in [0.15, 0.2) is 0 Å². The van der Waals surface area contributed by atoms with Gasteiger partial charge in [-0.2, -0.15) is 0 Å². The lowest BCUT2D eigenvalue weighted by molar-refractivity contribution is 0.464. The topological polar surface area (TPSA) is 12.0 Å². The van der Waals surface area contributed by atoms with Crippen molar-refractivity contribution in [2.75, 3.05) is 6.54 Å². The lowest BCUT2D eigenvalue weighted by Crippen LogP contribution is -2.31. The van der Waals surface area contributed by atoms with Crippen LogP contribution in [0.25, 0.3) is 0 Å². The van der Waals surface area contributed by atoms with Crippen LogP contribution in [0.5, 0.6) is 0 Å². The Morgan fingerprint density at radius 2 is 2.24 bits per heavy atom. The molecule has 3 heteroatoms. The Balaban J connectivity index is 2.01. The number of hydrogen-bond donors (Lipinski definition) is 1. The van der Waals surface area contributed by atoms with Crippen molar-refractivity contribution < 1.29 is 4.39 Å². The highest BCUT2D eigenvalue weighted by Crippen LogP contribution is 2.34. The van der Waals surface area contributed by atoms with E-state index in [-0.39, 0.29) is 5.82 Å². The van der Waals surface area contributed by atoms with Crippen LogP contribution in [0, 0.1) is 11.7 Å². The first kappa shape index (κ1) is 13.0. The second-order valence-electron chi connectivity index (χ2n) is 4.87. The third kappa shape index (κ3) is 4.07. The van der Waals surface area contributed by atoms with Crippen LogP contribution in [0.2, 0.25) is 0 Å². The first-order valence-corrected chi connectivity index (χ1v) is 7.15. The molecule has 1 aromatic rings. The van der Waals surface area contributed by atoms with E-state index in [1.807, 2.05) is 0 Å². The summed E-state index contributed by atoms with van der Waals surface area (Å²) in [6.07, 6.45) is 4.86. The molecular formula is C14H19BrFN. The van der Waals surface area contributed by atoms with E-state index in [9.17, 15) is 4.39 Å². The van der Waals surface area contributed by atoms with Crippen LogP contribution in [-0.4, -0.2) is 12.6 Å². The van der Waals surface area contributed by atoms with E-state index < -0.39 is 0 Å². The number of nitrogens with one attached hydrogen (secondary N) is 1. The fourth-order valence-electron chi connectivity index (χ4n) is 2.25. The average Bonchev–Trinajstić information content (AvgIpc) is 3.08. The average molecular weight is 300 g/mol. The van der Waals surface area contributed by atoms with E-state index in [4.69, 9.17) is 0 Å². The lowest BCUT2D eigenvalue weighted by Gasteiger charge is -2.18. The van der Waals surface area contributed by atoms with Crippen LogP contribution < -0.4 is 5.32 Å². The van der Waals surface area contributed by atoms with Gasteiger partial charge in [0.2, 0.25) is 0 Å². The molecule has 0 spiro atoms. The van der Waals surface area contributed by atoms with Crippen molar-refractivity contribution in [2.45, 2.75) is 38.6 Å². The number of likely N-dealkylation sites (N-methyl/N-ethyl adjacent to an activating group) is 1. The molecule has 0 bridgehead atoms. The van der Waals surface area contributed by atoms with Gasteiger partial charge in [0, 0.05) is 10.5 Å². The zero-order valence-electron chi connectivity index (χ0n) is 10.2. The van der Waals surface area contributed by atoms with Crippen molar-refractivity contribution in [1.82, 2.24) is 5.32 Å². The van der Waals surface area contributed by atoms with Gasteiger partial charge >= 0.3 is 0 Å². The molecule has 1 saturated carbocycles. The largest absolute Gasteiger partial charge is 0.314 e. The van der Waals surface area contributed by atoms with Gasteiger partial charge in [-0.15, -0.1) is 0 Å². The molecule has 1 aliphatic rings. The van der Waals surface area contributed by atoms with Crippen LogP contribution in [0.1, 0.15) is 31.7 Å². The predicted octanol–water partition coefficient (Wildman–Crippen LogP) is 3.91. The fraction of sp³-hybridized carbons (Fsp3) is 0.571. The molecule has 2 rings (SSSR count). The highest BCUT2D eigenvalue weighted by Gasteiger charge is 2.25. The standard InChI is InChI=1S/C14H19BrFN/c1-2-17-13(7-10-3-4-10)9-11-8-12(16)5-6-14(11)15/h5-6,8,10,13,17H,2-4,7,9H2,1H3. The molecule has 0 saturated heterocycles. The number of benzene rings is 1. The molecule has 17 heavy (non-hydrogen) atoms. The minimum atomic E-state index is -0.148. The van der Waals surface area contributed by atoms with E-state index in [2.05, 4.69) is 28.2 Å². The maximum absolute atomic E-state index is 13.2. The molecule has 1 aromatic carbocycles. The first-order chi connectivity index (χ1) is 8.19. The molecule has 1 fully saturated rings. The quantitative estimate of drug-likeness (QED) is 0.840. The minimum absolute atomic E-state index is 0.148. The predicted molar refractivity (Wildman–Crippen MR) is 72.6 cm³/mol. The van der Waals surface area contributed by atoms with Crippen molar-refractivity contribution in [3.8, 4) is 0 Å². The first-order valence-electron chi connectivity index (χ1n) is 6.36. The van der Waals surface area contributed by atoms with Crippen molar-refractivity contribution in [3.63, 3.8) is 0 Å². The van der Waals surface area contributed by atoms with Gasteiger partial charge in [0.25, 0.3) is 0 Å². The Morgan fingerprint density at radius 1 is 1.47 bits per heavy atom. The summed E-state index contributed by atoms with van der Waals surface area (Å²) in [7, 11) is 0. The maximum atomic E-state index is 13.2. The number of halogens is 2. The Labute approximate surface area is 111 Å². The Hall–Kier alpha value is -0.410. The number of rotatable bonds is 6. The van der Waals surface area contributed by atoms with Gasteiger partial charge in [-0.05, 0) is 49.1 Å². The molecule has 1 unspecified atom stereocenters. The van der Waals surface area contributed by atoms with Gasteiger partial charge in [-0.3, -0.25) is 0 Å². The monoisotopic (exact) mass is 299 g/mol. The molecule has 94 valence electrons. The zero-order valence-corrected chi connectivity index (χ0v) is 11.8. The minimum Gasteiger partial charge on any atom is -0.314 e. The molecule has 0 amide bonds. The molecule has 1 nitrogen and oxygen atoms in total. The summed E-state index contributed by atoms with van der Waals surface area (Å²) in [6, 6.07) is 5.41. The highest BCUT2D eigenvalue weighted by molar-refractivity contribution is 9.10. The van der Waals surface area contributed by atoms with E-state index in [0.29, 0.717) is 6.04 Å². The molecule has 1 aliphatic carbocycles. The third-order valence-electron chi connectivity index (χ3n) is 3.28. The van der Waals surface area contributed by atoms with Crippen LogP contribution in [0.4, 0.5) is 4.39 Å². The Bertz CT molecular complexity index is 376. The number of hydrogen-bond acceptors (Lipinski definition) is 1. The molecular weight excluding hydrogens is 281 g/mol. The fourth-order valence-corrected chi connectivity index (χ4v) is 2.66. The van der Waals surface area contributed by atoms with E-state index in [0.717, 1.165) is 28.9 Å². The summed E-state index contributed by atoms with van der Waals surface area (Å²) in [4.78, 5) is 0. The summed E-state index contributed by atoms with van der Waals surface area (Å²) in [6.45, 7) is 3.10. The zero-order chi connectivity index (χ0) is 12.3. The third-order valence-corrected chi connectivity index (χ3v) is 4.06.